The van der Waals surface area contributed by atoms with Crippen LogP contribution in [0.5, 0.6) is 0 Å². The van der Waals surface area contributed by atoms with Crippen LogP contribution in [-0.4, -0.2) is 37.0 Å². The highest BCUT2D eigenvalue weighted by Crippen LogP contribution is 2.66. The van der Waals surface area contributed by atoms with E-state index >= 15 is 0 Å². The third kappa shape index (κ3) is 19.2. The maximum Gasteiger partial charge on any atom is 0.306 e. The Morgan fingerprint density at radius 3 is 1.78 bits per heavy atom. The normalized spacial score (nSPS) is 25.6. The van der Waals surface area contributed by atoms with Crippen molar-refractivity contribution >= 4 is 5.97 Å². The number of rotatable bonds is 33. The van der Waals surface area contributed by atoms with Gasteiger partial charge in [-0.2, -0.15) is 0 Å². The van der Waals surface area contributed by atoms with Gasteiger partial charge in [0.05, 0.1) is 12.7 Å². The van der Waals surface area contributed by atoms with Gasteiger partial charge < -0.3 is 14.6 Å². The first-order valence-electron chi connectivity index (χ1n) is 25.9. The van der Waals surface area contributed by atoms with Gasteiger partial charge in [0.25, 0.3) is 0 Å². The van der Waals surface area contributed by atoms with Gasteiger partial charge >= 0.3 is 5.97 Å². The molecule has 3 aliphatic carbocycles. The number of hydrogen-bond acceptors (Lipinski definition) is 4. The fourth-order valence-corrected chi connectivity index (χ4v) is 11.4. The Bertz CT molecular complexity index is 1270. The van der Waals surface area contributed by atoms with Gasteiger partial charge in [-0.05, 0) is 144 Å². The molecule has 0 aromatic carbocycles. The SMILES string of the molecule is CCCCCC=CCC=CCCCCCCCCOCC12CCC3C(C)(C)CCCC3(C)C1CC=C(COC(=O)CCCCCCCC=CCC=CCCCCC)CC2O. The Morgan fingerprint density at radius 1 is 0.667 bits per heavy atom. The van der Waals surface area contributed by atoms with Crippen molar-refractivity contribution in [3.05, 3.63) is 60.3 Å². The Kier molecular flexibility index (Phi) is 27.1. The molecule has 3 rings (SSSR count). The third-order valence-electron chi connectivity index (χ3n) is 15.0. The van der Waals surface area contributed by atoms with Crippen molar-refractivity contribution in [2.75, 3.05) is 19.8 Å². The molecule has 0 bridgehead atoms. The summed E-state index contributed by atoms with van der Waals surface area (Å²) in [5, 5.41) is 12.2. The molecule has 4 nitrogen and oxygen atoms in total. The van der Waals surface area contributed by atoms with Crippen LogP contribution in [0, 0.1) is 28.1 Å². The number of ether oxygens (including phenoxy) is 2. The summed E-state index contributed by atoms with van der Waals surface area (Å²) in [5.41, 5.74) is 1.35. The molecule has 0 aromatic rings. The molecule has 3 aliphatic rings. The molecule has 5 unspecified atom stereocenters. The van der Waals surface area contributed by atoms with Gasteiger partial charge in [-0.3, -0.25) is 4.79 Å². The van der Waals surface area contributed by atoms with Crippen LogP contribution in [0.4, 0.5) is 0 Å². The zero-order valence-corrected chi connectivity index (χ0v) is 40.1. The quantitative estimate of drug-likeness (QED) is 0.0407. The van der Waals surface area contributed by atoms with E-state index in [0.29, 0.717) is 43.3 Å². The fraction of sp³-hybridized carbons (Fsp3) is 0.804. The highest BCUT2D eigenvalue weighted by molar-refractivity contribution is 5.69. The van der Waals surface area contributed by atoms with Crippen molar-refractivity contribution in [1.82, 2.24) is 0 Å². The van der Waals surface area contributed by atoms with Crippen LogP contribution in [0.15, 0.2) is 60.3 Å². The first-order valence-corrected chi connectivity index (χ1v) is 25.9. The van der Waals surface area contributed by atoms with Crippen molar-refractivity contribution in [3.8, 4) is 0 Å². The van der Waals surface area contributed by atoms with E-state index in [2.05, 4.69) is 89.3 Å². The molecular formula is C56H96O4. The molecule has 0 aliphatic heterocycles. The van der Waals surface area contributed by atoms with Crippen LogP contribution in [0.25, 0.3) is 0 Å². The maximum atomic E-state index is 12.9. The van der Waals surface area contributed by atoms with Crippen molar-refractivity contribution in [2.24, 2.45) is 28.1 Å². The van der Waals surface area contributed by atoms with Gasteiger partial charge in [0.2, 0.25) is 0 Å². The lowest BCUT2D eigenvalue weighted by atomic mass is 9.42. The number of carbonyl (C=O) groups is 1. The number of aliphatic hydroxyl groups excluding tert-OH is 1. The predicted octanol–water partition coefficient (Wildman–Crippen LogP) is 16.5. The third-order valence-corrected chi connectivity index (χ3v) is 15.0. The summed E-state index contributed by atoms with van der Waals surface area (Å²) in [7, 11) is 0. The van der Waals surface area contributed by atoms with Crippen molar-refractivity contribution in [3.63, 3.8) is 0 Å². The molecule has 5 atom stereocenters. The second-order valence-corrected chi connectivity index (χ2v) is 20.3. The van der Waals surface area contributed by atoms with Gasteiger partial charge in [-0.25, -0.2) is 0 Å². The topological polar surface area (TPSA) is 55.8 Å². The molecule has 0 radical (unpaired) electrons. The second kappa shape index (κ2) is 31.0. The van der Waals surface area contributed by atoms with E-state index in [1.807, 2.05) is 0 Å². The molecule has 0 spiro atoms. The molecule has 2 fully saturated rings. The lowest BCUT2D eigenvalue weighted by Crippen LogP contribution is -2.60. The average molecular weight is 833 g/mol. The number of fused-ring (bicyclic) bond motifs is 3. The molecule has 0 heterocycles. The standard InChI is InChI=1S/C56H96O4/c1-6-8-10-12-14-16-18-20-22-24-26-28-30-32-34-36-45-59-48-56-44-41-50-54(3,4)42-37-43-55(50,5)51(56)40-39-49(46-52(56)57)47-60-53(58)38-35-33-31-29-27-25-23-21-19-17-15-13-11-9-7-2/h14-17,20-23,39,50-52,57H,6-13,18-19,24-38,40-48H2,1-5H3. The van der Waals surface area contributed by atoms with Gasteiger partial charge in [0.15, 0.2) is 0 Å². The van der Waals surface area contributed by atoms with Crippen molar-refractivity contribution in [2.45, 2.75) is 240 Å². The van der Waals surface area contributed by atoms with Crippen LogP contribution in [0.1, 0.15) is 234 Å². The molecule has 60 heavy (non-hydrogen) atoms. The first-order chi connectivity index (χ1) is 29.2. The Balaban J connectivity index is 1.37. The van der Waals surface area contributed by atoms with Crippen LogP contribution in [0.2, 0.25) is 0 Å². The minimum Gasteiger partial charge on any atom is -0.461 e. The van der Waals surface area contributed by atoms with E-state index in [4.69, 9.17) is 9.47 Å². The smallest absolute Gasteiger partial charge is 0.306 e. The molecule has 4 heteroatoms. The summed E-state index contributed by atoms with van der Waals surface area (Å²) >= 11 is 0. The summed E-state index contributed by atoms with van der Waals surface area (Å²) in [6.45, 7) is 13.8. The first kappa shape index (κ1) is 52.4. The number of unbranched alkanes of at least 4 members (excludes halogenated alkanes) is 17. The summed E-state index contributed by atoms with van der Waals surface area (Å²) < 4.78 is 12.5. The fourth-order valence-electron chi connectivity index (χ4n) is 11.4. The number of hydrogen-bond donors (Lipinski definition) is 1. The van der Waals surface area contributed by atoms with E-state index in [9.17, 15) is 9.90 Å². The van der Waals surface area contributed by atoms with Gasteiger partial charge in [0.1, 0.15) is 6.61 Å². The summed E-state index contributed by atoms with van der Waals surface area (Å²) in [6.07, 6.45) is 56.4. The number of carbonyl (C=O) groups excluding carboxylic acids is 1. The zero-order chi connectivity index (χ0) is 43.2. The van der Waals surface area contributed by atoms with Crippen LogP contribution in [-0.2, 0) is 14.3 Å². The number of allylic oxidation sites excluding steroid dienone is 9. The van der Waals surface area contributed by atoms with E-state index in [1.165, 1.54) is 135 Å². The van der Waals surface area contributed by atoms with Gasteiger partial charge in [0, 0.05) is 18.4 Å². The number of aliphatic hydroxyl groups is 1. The van der Waals surface area contributed by atoms with Gasteiger partial charge in [-0.15, -0.1) is 0 Å². The lowest BCUT2D eigenvalue weighted by Gasteiger charge is -2.63. The Hall–Kier alpha value is -1.91. The summed E-state index contributed by atoms with van der Waals surface area (Å²) in [5.74, 6) is 0.938. The summed E-state index contributed by atoms with van der Waals surface area (Å²) in [4.78, 5) is 12.9. The van der Waals surface area contributed by atoms with Gasteiger partial charge in [-0.1, -0.05) is 166 Å². The minimum atomic E-state index is -0.476. The van der Waals surface area contributed by atoms with E-state index in [-0.39, 0.29) is 16.8 Å². The molecule has 2 saturated carbocycles. The maximum absolute atomic E-state index is 12.9. The van der Waals surface area contributed by atoms with E-state index < -0.39 is 6.10 Å². The molecule has 344 valence electrons. The molecule has 0 aromatic heterocycles. The van der Waals surface area contributed by atoms with Crippen LogP contribution < -0.4 is 0 Å². The van der Waals surface area contributed by atoms with Crippen LogP contribution >= 0.6 is 0 Å². The molecular weight excluding hydrogens is 737 g/mol. The molecule has 0 amide bonds. The highest BCUT2D eigenvalue weighted by atomic mass is 16.5. The number of esters is 1. The molecule has 0 saturated heterocycles. The largest absolute Gasteiger partial charge is 0.461 e. The predicted molar refractivity (Wildman–Crippen MR) is 258 cm³/mol. The van der Waals surface area contributed by atoms with Crippen LogP contribution in [0.3, 0.4) is 0 Å². The summed E-state index contributed by atoms with van der Waals surface area (Å²) in [6, 6.07) is 0. The average Bonchev–Trinajstić information content (AvgIpc) is 3.37. The van der Waals surface area contributed by atoms with E-state index in [1.54, 1.807) is 0 Å². The van der Waals surface area contributed by atoms with Crippen molar-refractivity contribution in [1.29, 1.82) is 0 Å². The van der Waals surface area contributed by atoms with E-state index in [0.717, 1.165) is 63.5 Å². The lowest BCUT2D eigenvalue weighted by molar-refractivity contribution is -0.188. The Morgan fingerprint density at radius 2 is 1.20 bits per heavy atom. The molecule has 1 N–H and O–H groups in total. The zero-order valence-electron chi connectivity index (χ0n) is 40.1. The Labute approximate surface area is 372 Å². The second-order valence-electron chi connectivity index (χ2n) is 20.3. The minimum absolute atomic E-state index is 0.0925. The highest BCUT2D eigenvalue weighted by Gasteiger charge is 2.61. The van der Waals surface area contributed by atoms with Crippen molar-refractivity contribution < 1.29 is 19.4 Å². The monoisotopic (exact) mass is 833 g/mol.